The molecule has 0 bridgehead atoms. The summed E-state index contributed by atoms with van der Waals surface area (Å²) in [5, 5.41) is 74.0. The number of hydrogen-bond acceptors (Lipinski definition) is 9. The molecule has 7 N–H and O–H groups in total. The first-order chi connectivity index (χ1) is 21.3. The second-order valence-electron chi connectivity index (χ2n) is 17.2. The molecule has 4 aliphatic carbocycles. The molecule has 5 fully saturated rings. The van der Waals surface area contributed by atoms with Crippen molar-refractivity contribution in [2.75, 3.05) is 6.61 Å². The van der Waals surface area contributed by atoms with E-state index >= 15 is 0 Å². The van der Waals surface area contributed by atoms with Gasteiger partial charge in [0.2, 0.25) is 0 Å². The van der Waals surface area contributed by atoms with Crippen molar-refractivity contribution < 1.29 is 50.0 Å². The van der Waals surface area contributed by atoms with Crippen LogP contribution in [0.4, 0.5) is 0 Å². The Balaban J connectivity index is 1.36. The van der Waals surface area contributed by atoms with E-state index in [1.54, 1.807) is 13.0 Å². The van der Waals surface area contributed by atoms with E-state index in [9.17, 15) is 40.5 Å². The van der Waals surface area contributed by atoms with Crippen LogP contribution in [0.3, 0.4) is 0 Å². The van der Waals surface area contributed by atoms with Crippen molar-refractivity contribution in [1.29, 1.82) is 0 Å². The van der Waals surface area contributed by atoms with Crippen molar-refractivity contribution in [2.24, 2.45) is 45.3 Å². The van der Waals surface area contributed by atoms with Gasteiger partial charge in [0.1, 0.15) is 24.4 Å². The molecule has 1 saturated heterocycles. The lowest BCUT2D eigenvalue weighted by Crippen LogP contribution is -2.67. The summed E-state index contributed by atoms with van der Waals surface area (Å²) in [6, 6.07) is 0. The second-order valence-corrected chi connectivity index (χ2v) is 17.2. The lowest BCUT2D eigenvalue weighted by molar-refractivity contribution is -0.332. The molecule has 1 heterocycles. The summed E-state index contributed by atoms with van der Waals surface area (Å²) in [7, 11) is 0. The molecule has 5 aliphatic rings. The summed E-state index contributed by atoms with van der Waals surface area (Å²) in [4.78, 5) is 11.3. The van der Waals surface area contributed by atoms with E-state index in [0.717, 1.165) is 32.1 Å². The summed E-state index contributed by atoms with van der Waals surface area (Å²) < 4.78 is 12.2. The first-order valence-corrected chi connectivity index (χ1v) is 17.5. The average molecular weight is 653 g/mol. The van der Waals surface area contributed by atoms with Crippen LogP contribution in [0.2, 0.25) is 0 Å². The van der Waals surface area contributed by atoms with Crippen molar-refractivity contribution in [3.05, 3.63) is 11.6 Å². The maximum Gasteiger partial charge on any atom is 0.330 e. The van der Waals surface area contributed by atoms with Crippen molar-refractivity contribution >= 4 is 5.97 Å². The van der Waals surface area contributed by atoms with Crippen molar-refractivity contribution in [2.45, 2.75) is 155 Å². The average Bonchev–Trinajstić information content (AvgIpc) is 3.36. The molecule has 0 amide bonds. The summed E-state index contributed by atoms with van der Waals surface area (Å²) in [5.41, 5.74) is -1.36. The quantitative estimate of drug-likeness (QED) is 0.152. The number of hydrogen-bond donors (Lipinski definition) is 7. The highest BCUT2D eigenvalue weighted by Crippen LogP contribution is 2.76. The van der Waals surface area contributed by atoms with Crippen molar-refractivity contribution in [3.63, 3.8) is 0 Å². The molecule has 0 spiro atoms. The van der Waals surface area contributed by atoms with Crippen LogP contribution in [0.25, 0.3) is 0 Å². The Labute approximate surface area is 274 Å². The maximum atomic E-state index is 12.0. The van der Waals surface area contributed by atoms with Gasteiger partial charge in [-0.05, 0) is 117 Å². The molecule has 0 unspecified atom stereocenters. The summed E-state index contributed by atoms with van der Waals surface area (Å²) in [6.07, 6.45) is 1.20. The van der Waals surface area contributed by atoms with Crippen LogP contribution in [0.15, 0.2) is 11.6 Å². The monoisotopic (exact) mass is 652 g/mol. The zero-order valence-corrected chi connectivity index (χ0v) is 28.9. The summed E-state index contributed by atoms with van der Waals surface area (Å²) in [6.45, 7) is 14.5. The number of carboxylic acid groups (broad SMARTS) is 1. The zero-order valence-electron chi connectivity index (χ0n) is 28.9. The van der Waals surface area contributed by atoms with Gasteiger partial charge in [-0.2, -0.15) is 0 Å². The molecule has 0 aromatic carbocycles. The molecule has 4 saturated carbocycles. The first kappa shape index (κ1) is 36.2. The number of ether oxygens (including phenoxy) is 2. The van der Waals surface area contributed by atoms with Gasteiger partial charge in [0.25, 0.3) is 0 Å². The van der Waals surface area contributed by atoms with E-state index in [4.69, 9.17) is 9.47 Å². The number of carboxylic acids is 1. The third-order valence-corrected chi connectivity index (χ3v) is 14.7. The smallest absolute Gasteiger partial charge is 0.330 e. The minimum absolute atomic E-state index is 0.0478. The fourth-order valence-electron chi connectivity index (χ4n) is 11.9. The van der Waals surface area contributed by atoms with Crippen molar-refractivity contribution in [1.82, 2.24) is 0 Å². The largest absolute Gasteiger partial charge is 0.478 e. The highest BCUT2D eigenvalue weighted by atomic mass is 16.7. The molecule has 10 heteroatoms. The zero-order chi connectivity index (χ0) is 34.2. The van der Waals surface area contributed by atoms with Crippen LogP contribution in [-0.4, -0.2) is 96.8 Å². The van der Waals surface area contributed by atoms with Crippen LogP contribution < -0.4 is 0 Å². The Hall–Kier alpha value is -1.11. The van der Waals surface area contributed by atoms with Gasteiger partial charge in [-0.25, -0.2) is 4.79 Å². The third kappa shape index (κ3) is 5.51. The normalized spacial score (nSPS) is 50.2. The Bertz CT molecular complexity index is 1170. The summed E-state index contributed by atoms with van der Waals surface area (Å²) >= 11 is 0. The first-order valence-electron chi connectivity index (χ1n) is 17.5. The Morgan fingerprint density at radius 1 is 0.935 bits per heavy atom. The van der Waals surface area contributed by atoms with Crippen LogP contribution in [0.5, 0.6) is 0 Å². The Kier molecular flexibility index (Phi) is 9.70. The van der Waals surface area contributed by atoms with E-state index in [0.29, 0.717) is 25.7 Å². The van der Waals surface area contributed by atoms with E-state index in [1.165, 1.54) is 0 Å². The number of aliphatic hydroxyl groups excluding tert-OH is 5. The topological polar surface area (TPSA) is 177 Å². The number of allylic oxidation sites excluding steroid dienone is 1. The Morgan fingerprint density at radius 2 is 1.59 bits per heavy atom. The van der Waals surface area contributed by atoms with Gasteiger partial charge in [-0.1, -0.05) is 40.7 Å². The van der Waals surface area contributed by atoms with Gasteiger partial charge in [0, 0.05) is 5.57 Å². The van der Waals surface area contributed by atoms with E-state index in [2.05, 4.69) is 34.6 Å². The molecule has 46 heavy (non-hydrogen) atoms. The highest BCUT2D eigenvalue weighted by Gasteiger charge is 2.71. The van der Waals surface area contributed by atoms with Gasteiger partial charge in [-0.3, -0.25) is 0 Å². The number of fused-ring (bicyclic) bond motifs is 5. The molecular formula is C36H60O10. The molecule has 5 rings (SSSR count). The van der Waals surface area contributed by atoms with Crippen molar-refractivity contribution in [3.8, 4) is 0 Å². The molecule has 1 aliphatic heterocycles. The summed E-state index contributed by atoms with van der Waals surface area (Å²) in [5.74, 6) is -0.553. The molecule has 0 radical (unpaired) electrons. The highest BCUT2D eigenvalue weighted by molar-refractivity contribution is 5.85. The lowest BCUT2D eigenvalue weighted by Gasteiger charge is -2.70. The number of rotatable bonds is 8. The lowest BCUT2D eigenvalue weighted by atomic mass is 9.35. The van der Waals surface area contributed by atoms with Gasteiger partial charge in [0.15, 0.2) is 6.29 Å². The molecular weight excluding hydrogens is 592 g/mol. The second kappa shape index (κ2) is 12.3. The molecule has 264 valence electrons. The fraction of sp³-hybridized carbons (Fsp3) is 0.917. The van der Waals surface area contributed by atoms with Crippen LogP contribution >= 0.6 is 0 Å². The van der Waals surface area contributed by atoms with Gasteiger partial charge in [0.05, 0.1) is 24.4 Å². The third-order valence-electron chi connectivity index (χ3n) is 14.7. The maximum absolute atomic E-state index is 12.0. The van der Waals surface area contributed by atoms with Crippen LogP contribution in [0, 0.1) is 45.3 Å². The SMILES string of the molecule is C/C(=C\CC[C@](C)(O)[C@H]1CC[C@]2(C)[C@@H]1[C@H](O)C[C@@H]1[C@@]3(C)CC[C@H](O[C@@H]4O[C@H](CO)[C@@H](O)[C@H](O)[C@H]4O)C(C)(C)[C@@H]3CC[C@]12C)C(=O)O. The minimum atomic E-state index is -1.48. The van der Waals surface area contributed by atoms with E-state index in [1.807, 2.05) is 6.92 Å². The minimum Gasteiger partial charge on any atom is -0.478 e. The molecule has 0 aromatic heterocycles. The number of aliphatic hydroxyl groups is 6. The van der Waals surface area contributed by atoms with Crippen LogP contribution in [-0.2, 0) is 14.3 Å². The molecule has 0 aromatic rings. The Morgan fingerprint density at radius 3 is 2.22 bits per heavy atom. The van der Waals surface area contributed by atoms with E-state index in [-0.39, 0.29) is 57.0 Å². The molecule has 15 atom stereocenters. The predicted molar refractivity (Wildman–Crippen MR) is 170 cm³/mol. The fourth-order valence-corrected chi connectivity index (χ4v) is 11.9. The standard InChI is InChI=1S/C36H60O10/c1-19(30(42)43)9-8-13-36(7,44)20-10-15-35(6)26(20)21(38)17-24-33(4)14-12-25(32(2,3)23(33)11-16-34(24,35)5)46-31-29(41)28(40)27(39)22(18-37)45-31/h9,20-29,31,37-41,44H,8,10-18H2,1-7H3,(H,42,43)/b19-9+/t20-,21+,22+,23-,24+,25-,26-,27+,28-,29+,31-,33-,34+,35+,36-/m0/s1. The van der Waals surface area contributed by atoms with Crippen LogP contribution in [0.1, 0.15) is 106 Å². The van der Waals surface area contributed by atoms with Gasteiger partial charge >= 0.3 is 5.97 Å². The molecule has 10 nitrogen and oxygen atoms in total. The van der Waals surface area contributed by atoms with Gasteiger partial charge in [-0.15, -0.1) is 0 Å². The van der Waals surface area contributed by atoms with Gasteiger partial charge < -0.3 is 45.2 Å². The number of carbonyl (C=O) groups is 1. The predicted octanol–water partition coefficient (Wildman–Crippen LogP) is 3.39. The number of aliphatic carboxylic acids is 1. The van der Waals surface area contributed by atoms with E-state index < -0.39 is 55.0 Å².